The summed E-state index contributed by atoms with van der Waals surface area (Å²) >= 11 is 0. The van der Waals surface area contributed by atoms with Gasteiger partial charge in [-0.25, -0.2) is 9.82 Å². The third kappa shape index (κ3) is 14.0. The third-order valence-corrected chi connectivity index (χ3v) is 9.71. The standard InChI is InChI=1S/C42H56FN9O5/c1-26(2)22-29(12-8-20-47-41(57)36(23-27-10-4-3-5-11-27)51-39(55)28-16-18-31(43)19-17-28)40(56)50-34(15-9-21-48-42(44)45)37(53)38(54)35(52-46)24-30-25-49-33-14-7-6-13-32(30)33/h3-7,10-11,13-14,16-19,25-26,29,34-36,42,48-49,52H,8-9,12,15,20-24,44-46H2,1-2H3,(H,47,57)(H,50,56)(H,51,55)/t29-,34-,35-,36-/m0/s1. The summed E-state index contributed by atoms with van der Waals surface area (Å²) in [5.74, 6) is 2.09. The number of halogens is 1. The van der Waals surface area contributed by atoms with E-state index in [1.807, 2.05) is 68.4 Å². The first-order valence-electron chi connectivity index (χ1n) is 19.4. The summed E-state index contributed by atoms with van der Waals surface area (Å²) in [7, 11) is 0. The fraction of sp³-hybridized carbons (Fsp3) is 0.405. The number of Topliss-reactive ketones (excluding diaryl/α,β-unsaturated/α-hetero) is 2. The Morgan fingerprint density at radius 1 is 0.737 bits per heavy atom. The molecule has 4 atom stereocenters. The molecule has 0 unspecified atom stereocenters. The number of carbonyl (C=O) groups is 5. The number of H-pyrrole nitrogens is 1. The number of ketones is 2. The van der Waals surface area contributed by atoms with Gasteiger partial charge in [-0.15, -0.1) is 0 Å². The lowest BCUT2D eigenvalue weighted by Crippen LogP contribution is -2.53. The fourth-order valence-corrected chi connectivity index (χ4v) is 6.73. The van der Waals surface area contributed by atoms with Crippen molar-refractivity contribution >= 4 is 40.2 Å². The Bertz CT molecular complexity index is 1920. The monoisotopic (exact) mass is 785 g/mol. The summed E-state index contributed by atoms with van der Waals surface area (Å²) in [5, 5.41) is 12.3. The molecule has 3 aromatic carbocycles. The molecule has 12 N–H and O–H groups in total. The summed E-state index contributed by atoms with van der Waals surface area (Å²) in [6.07, 6.45) is 3.21. The molecule has 0 aliphatic rings. The molecule has 0 saturated heterocycles. The van der Waals surface area contributed by atoms with E-state index < -0.39 is 59.5 Å². The Hall–Kier alpha value is -5.32. The predicted octanol–water partition coefficient (Wildman–Crippen LogP) is 2.48. The molecule has 57 heavy (non-hydrogen) atoms. The highest BCUT2D eigenvalue weighted by Crippen LogP contribution is 2.21. The minimum Gasteiger partial charge on any atom is -0.361 e. The van der Waals surface area contributed by atoms with Crippen LogP contribution in [0.1, 0.15) is 67.4 Å². The molecule has 0 bridgehead atoms. The topological polar surface area (TPSA) is 239 Å². The van der Waals surface area contributed by atoms with Gasteiger partial charge < -0.3 is 32.4 Å². The largest absolute Gasteiger partial charge is 0.361 e. The van der Waals surface area contributed by atoms with E-state index in [9.17, 15) is 28.4 Å². The van der Waals surface area contributed by atoms with E-state index in [4.69, 9.17) is 17.3 Å². The number of fused-ring (bicyclic) bond motifs is 1. The zero-order chi connectivity index (χ0) is 41.3. The van der Waals surface area contributed by atoms with Crippen LogP contribution in [0.2, 0.25) is 0 Å². The molecule has 0 spiro atoms. The summed E-state index contributed by atoms with van der Waals surface area (Å²) in [6, 6.07) is 18.8. The average molecular weight is 786 g/mol. The number of rotatable bonds is 24. The zero-order valence-electron chi connectivity index (χ0n) is 32.6. The van der Waals surface area contributed by atoms with Gasteiger partial charge in [-0.2, -0.15) is 0 Å². The Balaban J connectivity index is 1.40. The maximum Gasteiger partial charge on any atom is 0.251 e. The number of amides is 3. The molecule has 4 rings (SSSR count). The number of carbonyl (C=O) groups excluding carboxylic acids is 5. The van der Waals surface area contributed by atoms with Crippen molar-refractivity contribution in [2.75, 3.05) is 13.1 Å². The maximum absolute atomic E-state index is 13.9. The van der Waals surface area contributed by atoms with Gasteiger partial charge >= 0.3 is 0 Å². The maximum atomic E-state index is 13.9. The molecule has 4 aromatic rings. The first-order chi connectivity index (χ1) is 27.4. The van der Waals surface area contributed by atoms with Crippen LogP contribution in [0.25, 0.3) is 10.9 Å². The summed E-state index contributed by atoms with van der Waals surface area (Å²) in [6.45, 7) is 4.53. The Labute approximate surface area is 332 Å². The van der Waals surface area contributed by atoms with Gasteiger partial charge in [-0.1, -0.05) is 62.4 Å². The fourth-order valence-electron chi connectivity index (χ4n) is 6.73. The van der Waals surface area contributed by atoms with Crippen molar-refractivity contribution in [2.24, 2.45) is 29.1 Å². The molecule has 1 aromatic heterocycles. The van der Waals surface area contributed by atoms with E-state index in [1.165, 1.54) is 24.3 Å². The van der Waals surface area contributed by atoms with Gasteiger partial charge in [-0.3, -0.25) is 35.1 Å². The van der Waals surface area contributed by atoms with E-state index in [2.05, 4.69) is 31.7 Å². The van der Waals surface area contributed by atoms with Crippen molar-refractivity contribution in [1.29, 1.82) is 0 Å². The average Bonchev–Trinajstić information content (AvgIpc) is 3.61. The number of hydrogen-bond acceptors (Lipinski definition) is 10. The first-order valence-corrected chi connectivity index (χ1v) is 19.4. The van der Waals surface area contributed by atoms with Crippen molar-refractivity contribution in [3.8, 4) is 0 Å². The number of nitrogens with two attached hydrogens (primary N) is 3. The van der Waals surface area contributed by atoms with Crippen LogP contribution >= 0.6 is 0 Å². The minimum atomic E-state index is -1.13. The molecular weight excluding hydrogens is 730 g/mol. The number of para-hydroxylation sites is 1. The molecule has 306 valence electrons. The second kappa shape index (κ2) is 22.4. The van der Waals surface area contributed by atoms with Gasteiger partial charge in [0.25, 0.3) is 5.91 Å². The van der Waals surface area contributed by atoms with Gasteiger partial charge in [0.15, 0.2) is 0 Å². The second-order valence-electron chi connectivity index (χ2n) is 14.7. The Kier molecular flexibility index (Phi) is 17.5. The van der Waals surface area contributed by atoms with E-state index in [1.54, 1.807) is 6.20 Å². The van der Waals surface area contributed by atoms with Crippen LogP contribution in [0, 0.1) is 17.7 Å². The number of hydrazine groups is 1. The summed E-state index contributed by atoms with van der Waals surface area (Å²) in [5.41, 5.74) is 16.5. The van der Waals surface area contributed by atoms with Crippen molar-refractivity contribution < 1.29 is 28.4 Å². The van der Waals surface area contributed by atoms with E-state index in [0.29, 0.717) is 32.2 Å². The molecule has 3 amide bonds. The SMILES string of the molecule is CC(C)C[C@H](CCCNC(=O)[C@H](Cc1ccccc1)NC(=O)c1ccc(F)cc1)C(=O)N[C@@H](CCCNC(N)N)C(=O)C(=O)[C@H](Cc1c[nH]c2ccccc12)NN. The molecule has 15 heteroatoms. The van der Waals surface area contributed by atoms with Crippen LogP contribution in [-0.4, -0.2) is 71.8 Å². The normalized spacial score (nSPS) is 13.5. The van der Waals surface area contributed by atoms with Gasteiger partial charge in [0.2, 0.25) is 23.4 Å². The quantitative estimate of drug-likeness (QED) is 0.0165. The van der Waals surface area contributed by atoms with Crippen molar-refractivity contribution in [3.63, 3.8) is 0 Å². The zero-order valence-corrected chi connectivity index (χ0v) is 32.6. The van der Waals surface area contributed by atoms with Gasteiger partial charge in [-0.05, 0) is 92.4 Å². The van der Waals surface area contributed by atoms with Crippen molar-refractivity contribution in [1.82, 2.24) is 31.7 Å². The highest BCUT2D eigenvalue weighted by molar-refractivity contribution is 6.41. The van der Waals surface area contributed by atoms with Crippen molar-refractivity contribution in [2.45, 2.75) is 83.2 Å². The number of aromatic amines is 1. The molecule has 1 heterocycles. The van der Waals surface area contributed by atoms with Crippen LogP contribution in [0.4, 0.5) is 4.39 Å². The van der Waals surface area contributed by atoms with Crippen LogP contribution in [0.3, 0.4) is 0 Å². The van der Waals surface area contributed by atoms with Gasteiger partial charge in [0, 0.05) is 41.5 Å². The molecule has 14 nitrogen and oxygen atoms in total. The molecule has 0 radical (unpaired) electrons. The van der Waals surface area contributed by atoms with Crippen LogP contribution < -0.4 is 44.0 Å². The number of aromatic nitrogens is 1. The Morgan fingerprint density at radius 2 is 1.40 bits per heavy atom. The summed E-state index contributed by atoms with van der Waals surface area (Å²) < 4.78 is 13.5. The highest BCUT2D eigenvalue weighted by atomic mass is 19.1. The second-order valence-corrected chi connectivity index (χ2v) is 14.7. The molecule has 0 saturated carbocycles. The highest BCUT2D eigenvalue weighted by Gasteiger charge is 2.33. The number of nitrogens with one attached hydrogen (secondary N) is 6. The number of benzene rings is 3. The van der Waals surface area contributed by atoms with E-state index in [0.717, 1.165) is 22.0 Å². The smallest absolute Gasteiger partial charge is 0.251 e. The lowest BCUT2D eigenvalue weighted by atomic mass is 9.90. The molecule has 0 aliphatic carbocycles. The van der Waals surface area contributed by atoms with Crippen LogP contribution in [0.5, 0.6) is 0 Å². The lowest BCUT2D eigenvalue weighted by Gasteiger charge is -2.24. The van der Waals surface area contributed by atoms with Gasteiger partial charge in [0.05, 0.1) is 12.1 Å². The molecule has 0 aliphatic heterocycles. The van der Waals surface area contributed by atoms with Crippen molar-refractivity contribution in [3.05, 3.63) is 108 Å². The predicted molar refractivity (Wildman–Crippen MR) is 217 cm³/mol. The van der Waals surface area contributed by atoms with E-state index >= 15 is 0 Å². The minimum absolute atomic E-state index is 0.125. The third-order valence-electron chi connectivity index (χ3n) is 9.71. The van der Waals surface area contributed by atoms with Crippen LogP contribution in [0.15, 0.2) is 85.1 Å². The Morgan fingerprint density at radius 3 is 2.09 bits per heavy atom. The summed E-state index contributed by atoms with van der Waals surface area (Å²) in [4.78, 5) is 71.0. The first kappa shape index (κ1) is 44.4. The molecule has 0 fully saturated rings. The molecular formula is C42H56FN9O5. The van der Waals surface area contributed by atoms with Crippen LogP contribution in [-0.2, 0) is 32.0 Å². The van der Waals surface area contributed by atoms with E-state index in [-0.39, 0.29) is 43.2 Å². The number of hydrogen-bond donors (Lipinski definition) is 9. The van der Waals surface area contributed by atoms with Gasteiger partial charge in [0.1, 0.15) is 18.1 Å². The lowest BCUT2D eigenvalue weighted by molar-refractivity contribution is -0.140.